The minimum Gasteiger partial charge on any atom is -0.359 e. The second-order valence-electron chi connectivity index (χ2n) is 6.60. The van der Waals surface area contributed by atoms with E-state index in [2.05, 4.69) is 36.5 Å². The SMILES string of the molecule is CC(C)(C)C(Cn1cccn1)NC(=S)NCc1ccc(Cl)cc1. The van der Waals surface area contributed by atoms with Crippen molar-refractivity contribution in [3.8, 4) is 0 Å². The molecule has 0 fully saturated rings. The molecule has 1 aromatic carbocycles. The Morgan fingerprint density at radius 3 is 2.57 bits per heavy atom. The molecule has 0 saturated heterocycles. The molecule has 2 N–H and O–H groups in total. The van der Waals surface area contributed by atoms with Crippen molar-refractivity contribution in [1.29, 1.82) is 0 Å². The van der Waals surface area contributed by atoms with Crippen LogP contribution in [0.5, 0.6) is 0 Å². The van der Waals surface area contributed by atoms with Crippen molar-refractivity contribution >= 4 is 28.9 Å². The minimum atomic E-state index is 0.0535. The Kier molecular flexibility index (Phi) is 6.02. The van der Waals surface area contributed by atoms with E-state index >= 15 is 0 Å². The third-order valence-corrected chi connectivity index (χ3v) is 4.16. The average molecular weight is 351 g/mol. The van der Waals surface area contributed by atoms with E-state index in [4.69, 9.17) is 23.8 Å². The molecular weight excluding hydrogens is 328 g/mol. The summed E-state index contributed by atoms with van der Waals surface area (Å²) in [5, 5.41) is 12.3. The third kappa shape index (κ3) is 5.84. The number of thiocarbonyl (C=S) groups is 1. The molecular formula is C17H23ClN4S. The number of benzene rings is 1. The van der Waals surface area contributed by atoms with Gasteiger partial charge >= 0.3 is 0 Å². The number of halogens is 1. The highest BCUT2D eigenvalue weighted by molar-refractivity contribution is 7.80. The van der Waals surface area contributed by atoms with Crippen molar-refractivity contribution in [2.45, 2.75) is 39.9 Å². The summed E-state index contributed by atoms with van der Waals surface area (Å²) in [5.41, 5.74) is 1.19. The molecule has 0 amide bonds. The molecule has 124 valence electrons. The Labute approximate surface area is 148 Å². The van der Waals surface area contributed by atoms with Crippen molar-refractivity contribution in [2.75, 3.05) is 0 Å². The van der Waals surface area contributed by atoms with Gasteiger partial charge in [0.15, 0.2) is 5.11 Å². The van der Waals surface area contributed by atoms with Crippen LogP contribution in [0.3, 0.4) is 0 Å². The van der Waals surface area contributed by atoms with E-state index in [1.54, 1.807) is 6.20 Å². The Balaban J connectivity index is 1.90. The van der Waals surface area contributed by atoms with Crippen LogP contribution in [0.25, 0.3) is 0 Å². The van der Waals surface area contributed by atoms with Crippen LogP contribution < -0.4 is 10.6 Å². The first-order chi connectivity index (χ1) is 10.8. The van der Waals surface area contributed by atoms with Crippen molar-refractivity contribution in [3.63, 3.8) is 0 Å². The second kappa shape index (κ2) is 7.79. The summed E-state index contributed by atoms with van der Waals surface area (Å²) in [6.07, 6.45) is 3.75. The van der Waals surface area contributed by atoms with Crippen LogP contribution >= 0.6 is 23.8 Å². The Hall–Kier alpha value is -1.59. The Morgan fingerprint density at radius 2 is 2.00 bits per heavy atom. The quantitative estimate of drug-likeness (QED) is 0.808. The Bertz CT molecular complexity index is 617. The molecule has 0 spiro atoms. The molecule has 0 aliphatic carbocycles. The maximum absolute atomic E-state index is 5.89. The molecule has 0 radical (unpaired) electrons. The molecule has 1 unspecified atom stereocenters. The van der Waals surface area contributed by atoms with Crippen molar-refractivity contribution in [1.82, 2.24) is 20.4 Å². The van der Waals surface area contributed by atoms with Gasteiger partial charge in [-0.25, -0.2) is 0 Å². The lowest BCUT2D eigenvalue weighted by molar-refractivity contribution is 0.260. The van der Waals surface area contributed by atoms with E-state index in [0.29, 0.717) is 11.7 Å². The van der Waals surface area contributed by atoms with Gasteiger partial charge in [-0.3, -0.25) is 4.68 Å². The highest BCUT2D eigenvalue weighted by Gasteiger charge is 2.25. The number of rotatable bonds is 5. The molecule has 6 heteroatoms. The lowest BCUT2D eigenvalue weighted by atomic mass is 9.87. The number of nitrogens with zero attached hydrogens (tertiary/aromatic N) is 2. The molecule has 0 aliphatic heterocycles. The fraction of sp³-hybridized carbons (Fsp3) is 0.412. The molecule has 0 saturated carbocycles. The molecule has 4 nitrogen and oxygen atoms in total. The van der Waals surface area contributed by atoms with Gasteiger partial charge in [-0.05, 0) is 41.4 Å². The average Bonchev–Trinajstić information content (AvgIpc) is 2.98. The van der Waals surface area contributed by atoms with Crippen LogP contribution in [0.15, 0.2) is 42.7 Å². The van der Waals surface area contributed by atoms with E-state index in [1.165, 1.54) is 0 Å². The lowest BCUT2D eigenvalue weighted by Crippen LogP contribution is -2.49. The maximum Gasteiger partial charge on any atom is 0.166 e. The predicted octanol–water partition coefficient (Wildman–Crippen LogP) is 3.62. The monoisotopic (exact) mass is 350 g/mol. The normalized spacial score (nSPS) is 12.7. The van der Waals surface area contributed by atoms with Crippen molar-refractivity contribution in [2.24, 2.45) is 5.41 Å². The van der Waals surface area contributed by atoms with Gasteiger partial charge in [0.1, 0.15) is 0 Å². The van der Waals surface area contributed by atoms with E-state index < -0.39 is 0 Å². The third-order valence-electron chi connectivity index (χ3n) is 3.65. The largest absolute Gasteiger partial charge is 0.359 e. The number of hydrogen-bond acceptors (Lipinski definition) is 2. The zero-order chi connectivity index (χ0) is 16.9. The molecule has 1 heterocycles. The fourth-order valence-corrected chi connectivity index (χ4v) is 2.47. The zero-order valence-electron chi connectivity index (χ0n) is 13.7. The number of aromatic nitrogens is 2. The van der Waals surface area contributed by atoms with Crippen molar-refractivity contribution < 1.29 is 0 Å². The van der Waals surface area contributed by atoms with Crippen LogP contribution in [0.4, 0.5) is 0 Å². The van der Waals surface area contributed by atoms with Gasteiger partial charge in [0.05, 0.1) is 12.6 Å². The van der Waals surface area contributed by atoms with E-state index in [0.717, 1.165) is 17.1 Å². The molecule has 0 bridgehead atoms. The van der Waals surface area contributed by atoms with Gasteiger partial charge in [-0.2, -0.15) is 5.10 Å². The number of hydrogen-bond donors (Lipinski definition) is 2. The summed E-state index contributed by atoms with van der Waals surface area (Å²) < 4.78 is 1.92. The first-order valence-electron chi connectivity index (χ1n) is 7.61. The van der Waals surface area contributed by atoms with E-state index in [-0.39, 0.29) is 11.5 Å². The molecule has 23 heavy (non-hydrogen) atoms. The van der Waals surface area contributed by atoms with Crippen LogP contribution in [-0.4, -0.2) is 20.9 Å². The fourth-order valence-electron chi connectivity index (χ4n) is 2.13. The summed E-state index contributed by atoms with van der Waals surface area (Å²) in [6, 6.07) is 9.84. The standard InChI is InChI=1S/C17H23ClN4S/c1-17(2,3)15(12-22-10-4-9-20-22)21-16(23)19-11-13-5-7-14(18)8-6-13/h4-10,15H,11-12H2,1-3H3,(H2,19,21,23). The summed E-state index contributed by atoms with van der Waals surface area (Å²) in [5.74, 6) is 0. The second-order valence-corrected chi connectivity index (χ2v) is 7.44. The summed E-state index contributed by atoms with van der Waals surface area (Å²) in [4.78, 5) is 0. The maximum atomic E-state index is 5.89. The van der Waals surface area contributed by atoms with Crippen LogP contribution in [0.2, 0.25) is 5.02 Å². The van der Waals surface area contributed by atoms with Gasteiger partial charge < -0.3 is 10.6 Å². The molecule has 1 aromatic heterocycles. The Morgan fingerprint density at radius 1 is 1.30 bits per heavy atom. The molecule has 1 atom stereocenters. The van der Waals surface area contributed by atoms with E-state index in [9.17, 15) is 0 Å². The van der Waals surface area contributed by atoms with E-state index in [1.807, 2.05) is 41.2 Å². The van der Waals surface area contributed by atoms with Crippen molar-refractivity contribution in [3.05, 3.63) is 53.3 Å². The number of nitrogens with one attached hydrogen (secondary N) is 2. The zero-order valence-corrected chi connectivity index (χ0v) is 15.3. The first kappa shape index (κ1) is 17.8. The van der Waals surface area contributed by atoms with Gasteiger partial charge in [-0.1, -0.05) is 44.5 Å². The smallest absolute Gasteiger partial charge is 0.166 e. The van der Waals surface area contributed by atoms with Gasteiger partial charge in [0.2, 0.25) is 0 Å². The summed E-state index contributed by atoms with van der Waals surface area (Å²) >= 11 is 11.3. The van der Waals surface area contributed by atoms with Crippen LogP contribution in [0.1, 0.15) is 26.3 Å². The van der Waals surface area contributed by atoms with Gasteiger partial charge in [-0.15, -0.1) is 0 Å². The highest BCUT2D eigenvalue weighted by Crippen LogP contribution is 2.20. The minimum absolute atomic E-state index is 0.0535. The summed E-state index contributed by atoms with van der Waals surface area (Å²) in [6.45, 7) is 8.00. The van der Waals surface area contributed by atoms with Crippen LogP contribution in [-0.2, 0) is 13.1 Å². The lowest BCUT2D eigenvalue weighted by Gasteiger charge is -2.32. The topological polar surface area (TPSA) is 41.9 Å². The van der Waals surface area contributed by atoms with Gasteiger partial charge in [0.25, 0.3) is 0 Å². The first-order valence-corrected chi connectivity index (χ1v) is 8.39. The van der Waals surface area contributed by atoms with Gasteiger partial charge in [0, 0.05) is 24.0 Å². The van der Waals surface area contributed by atoms with Crippen LogP contribution in [0, 0.1) is 5.41 Å². The molecule has 0 aliphatic rings. The predicted molar refractivity (Wildman–Crippen MR) is 99.5 cm³/mol. The molecule has 2 rings (SSSR count). The highest BCUT2D eigenvalue weighted by atomic mass is 35.5. The molecule has 2 aromatic rings. The summed E-state index contributed by atoms with van der Waals surface area (Å²) in [7, 11) is 0.